The van der Waals surface area contributed by atoms with Crippen LogP contribution in [0.3, 0.4) is 0 Å². The van der Waals surface area contributed by atoms with Crippen LogP contribution in [0.5, 0.6) is 5.75 Å². The molecule has 0 amide bonds. The van der Waals surface area contributed by atoms with Crippen LogP contribution in [0, 0.1) is 5.53 Å². The molecular weight excluding hydrogens is 464 g/mol. The van der Waals surface area contributed by atoms with E-state index in [0.29, 0.717) is 24.5 Å². The van der Waals surface area contributed by atoms with Crippen LogP contribution in [0.15, 0.2) is 88.2 Å². The Morgan fingerprint density at radius 3 is 1.95 bits per heavy atom. The zero-order valence-electron chi connectivity index (χ0n) is 21.6. The van der Waals surface area contributed by atoms with Gasteiger partial charge in [0.1, 0.15) is 5.75 Å². The molecule has 0 aliphatic carbocycles. The van der Waals surface area contributed by atoms with Crippen LogP contribution in [-0.4, -0.2) is 19.2 Å². The second-order valence-corrected chi connectivity index (χ2v) is 9.05. The quantitative estimate of drug-likeness (QED) is 0.0917. The van der Waals surface area contributed by atoms with E-state index in [1.165, 1.54) is 25.7 Å². The number of benzene rings is 3. The molecule has 3 aromatic rings. The average Bonchev–Trinajstić information content (AvgIpc) is 2.92. The number of nitrogens with zero attached hydrogens (tertiary/aromatic N) is 3. The van der Waals surface area contributed by atoms with Gasteiger partial charge < -0.3 is 9.47 Å². The van der Waals surface area contributed by atoms with Crippen LogP contribution in [0.1, 0.15) is 58.3 Å². The van der Waals surface area contributed by atoms with Crippen molar-refractivity contribution < 1.29 is 14.3 Å². The summed E-state index contributed by atoms with van der Waals surface area (Å²) < 4.78 is 11.0. The summed E-state index contributed by atoms with van der Waals surface area (Å²) in [5.41, 5.74) is 9.91. The third-order valence-electron chi connectivity index (χ3n) is 6.00. The van der Waals surface area contributed by atoms with Crippen molar-refractivity contribution in [2.75, 3.05) is 13.2 Å². The Bertz CT molecular complexity index is 1210. The smallest absolute Gasteiger partial charge is 0.333 e. The van der Waals surface area contributed by atoms with Crippen molar-refractivity contribution in [1.82, 2.24) is 0 Å². The highest BCUT2D eigenvalue weighted by Crippen LogP contribution is 2.34. The molecule has 1 N–H and O–H groups in total. The lowest BCUT2D eigenvalue weighted by molar-refractivity contribution is -0.139. The van der Waals surface area contributed by atoms with Gasteiger partial charge in [0.25, 0.3) is 0 Å². The number of nitrogens with one attached hydrogen (secondary N) is 1. The van der Waals surface area contributed by atoms with Gasteiger partial charge in [-0.15, -0.1) is 5.11 Å². The number of esters is 1. The first-order chi connectivity index (χ1) is 18.1. The van der Waals surface area contributed by atoms with Crippen molar-refractivity contribution in [2.45, 2.75) is 58.3 Å². The van der Waals surface area contributed by atoms with Crippen LogP contribution >= 0.6 is 0 Å². The number of unbranched alkanes of at least 4 members (excludes halogenated alkanes) is 7. The summed E-state index contributed by atoms with van der Waals surface area (Å²) in [5, 5.41) is 14.2. The molecule has 0 unspecified atom stereocenters. The van der Waals surface area contributed by atoms with Crippen LogP contribution < -0.4 is 4.74 Å². The lowest BCUT2D eigenvalue weighted by atomic mass is 10.1. The van der Waals surface area contributed by atoms with Crippen LogP contribution in [0.25, 0.3) is 10.8 Å². The fourth-order valence-electron chi connectivity index (χ4n) is 3.92. The van der Waals surface area contributed by atoms with Gasteiger partial charge in [-0.3, -0.25) is 0 Å². The van der Waals surface area contributed by atoms with Gasteiger partial charge in [0.2, 0.25) is 0 Å². The van der Waals surface area contributed by atoms with Crippen molar-refractivity contribution >= 4 is 33.8 Å². The van der Waals surface area contributed by atoms with E-state index in [4.69, 9.17) is 15.0 Å². The molecule has 7 nitrogen and oxygen atoms in total. The highest BCUT2D eigenvalue weighted by atomic mass is 16.5. The number of carbonyl (C=O) groups is 1. The molecule has 0 aliphatic heterocycles. The topological polar surface area (TPSA) is 96.5 Å². The minimum Gasteiger partial charge on any atom is -0.494 e. The summed E-state index contributed by atoms with van der Waals surface area (Å²) in [7, 11) is 0. The fraction of sp³-hybridized carbons (Fsp3) is 0.367. The first-order valence-corrected chi connectivity index (χ1v) is 12.9. The molecule has 0 fully saturated rings. The predicted molar refractivity (Wildman–Crippen MR) is 148 cm³/mol. The molecular formula is C30H36N4O3. The second-order valence-electron chi connectivity index (χ2n) is 9.05. The van der Waals surface area contributed by atoms with Crippen LogP contribution in [0.4, 0.5) is 17.1 Å². The molecule has 0 heterocycles. The average molecular weight is 501 g/mol. The van der Waals surface area contributed by atoms with Gasteiger partial charge in [-0.05, 0) is 56.2 Å². The number of fused-ring (bicyclic) bond motifs is 1. The van der Waals surface area contributed by atoms with Gasteiger partial charge in [0, 0.05) is 16.3 Å². The summed E-state index contributed by atoms with van der Waals surface area (Å²) in [4.78, 5) is 11.3. The number of rotatable bonds is 16. The fourth-order valence-corrected chi connectivity index (χ4v) is 3.92. The number of hydrogen-bond acceptors (Lipinski definition) is 7. The third-order valence-corrected chi connectivity index (χ3v) is 6.00. The molecule has 0 atom stereocenters. The second kappa shape index (κ2) is 15.3. The molecule has 0 saturated heterocycles. The molecule has 0 aromatic heterocycles. The van der Waals surface area contributed by atoms with Crippen LogP contribution in [-0.2, 0) is 9.53 Å². The Labute approximate surface area is 219 Å². The summed E-state index contributed by atoms with van der Waals surface area (Å²) in [6, 6.07) is 19.0. The Morgan fingerprint density at radius 2 is 1.32 bits per heavy atom. The normalized spacial score (nSPS) is 11.1. The summed E-state index contributed by atoms with van der Waals surface area (Å²) in [6.07, 6.45) is 9.01. The standard InChI is InChI=1S/C30H36N4O3/c1-23(2)30(35)37-22-12-8-6-4-3-5-7-11-21-36-25-17-15-24(16-18-25)33-34-29-20-19-28(32-31)26-13-9-10-14-27(26)29/h9-10,13-20,31H,1,3-8,11-12,21-22H2,2H3. The lowest BCUT2D eigenvalue weighted by Gasteiger charge is -2.07. The predicted octanol–water partition coefficient (Wildman–Crippen LogP) is 9.54. The molecule has 0 saturated carbocycles. The first-order valence-electron chi connectivity index (χ1n) is 12.9. The van der Waals surface area contributed by atoms with E-state index in [1.54, 1.807) is 13.0 Å². The molecule has 37 heavy (non-hydrogen) atoms. The maximum absolute atomic E-state index is 11.3. The van der Waals surface area contributed by atoms with Gasteiger partial charge in [-0.2, -0.15) is 10.2 Å². The van der Waals surface area contributed by atoms with Crippen LogP contribution in [0.2, 0.25) is 0 Å². The van der Waals surface area contributed by atoms with Gasteiger partial charge in [0.15, 0.2) is 0 Å². The number of carbonyl (C=O) groups excluding carboxylic acids is 1. The van der Waals surface area contributed by atoms with Gasteiger partial charge in [-0.25, -0.2) is 10.3 Å². The van der Waals surface area contributed by atoms with E-state index in [2.05, 4.69) is 21.9 Å². The minimum absolute atomic E-state index is 0.294. The lowest BCUT2D eigenvalue weighted by Crippen LogP contribution is -2.05. The maximum Gasteiger partial charge on any atom is 0.333 e. The Balaban J connectivity index is 1.29. The van der Waals surface area contributed by atoms with E-state index >= 15 is 0 Å². The van der Waals surface area contributed by atoms with Gasteiger partial charge in [-0.1, -0.05) is 69.4 Å². The molecule has 0 radical (unpaired) electrons. The molecule has 0 spiro atoms. The Morgan fingerprint density at radius 1 is 0.757 bits per heavy atom. The Hall–Kier alpha value is -3.87. The largest absolute Gasteiger partial charge is 0.494 e. The molecule has 0 aliphatic rings. The van der Waals surface area contributed by atoms with Crippen molar-refractivity contribution in [2.24, 2.45) is 15.3 Å². The third kappa shape index (κ3) is 9.26. The zero-order chi connectivity index (χ0) is 26.3. The van der Waals surface area contributed by atoms with Gasteiger partial charge >= 0.3 is 5.97 Å². The number of azo groups is 1. The molecule has 3 rings (SSSR count). The maximum atomic E-state index is 11.3. The van der Waals surface area contributed by atoms with E-state index in [-0.39, 0.29) is 5.97 Å². The van der Waals surface area contributed by atoms with Crippen molar-refractivity contribution in [1.29, 1.82) is 5.53 Å². The van der Waals surface area contributed by atoms with E-state index < -0.39 is 0 Å². The SMILES string of the molecule is C=C(C)C(=O)OCCCCCCCCCCOc1ccc(N=Nc2ccc(N=N)c3ccccc23)cc1. The van der Waals surface area contributed by atoms with E-state index in [0.717, 1.165) is 53.6 Å². The van der Waals surface area contributed by atoms with Crippen molar-refractivity contribution in [3.05, 3.63) is 72.8 Å². The highest BCUT2D eigenvalue weighted by Gasteiger charge is 2.05. The highest BCUT2D eigenvalue weighted by molar-refractivity contribution is 5.99. The number of ether oxygens (including phenoxy) is 2. The minimum atomic E-state index is -0.294. The monoisotopic (exact) mass is 500 g/mol. The van der Waals surface area contributed by atoms with Gasteiger partial charge in [0.05, 0.1) is 30.3 Å². The number of hydrogen-bond donors (Lipinski definition) is 1. The Kier molecular flexibility index (Phi) is 11.5. The molecule has 7 heteroatoms. The van der Waals surface area contributed by atoms with E-state index in [9.17, 15) is 4.79 Å². The van der Waals surface area contributed by atoms with Crippen molar-refractivity contribution in [3.63, 3.8) is 0 Å². The molecule has 194 valence electrons. The zero-order valence-corrected chi connectivity index (χ0v) is 21.6. The molecule has 3 aromatic carbocycles. The van der Waals surface area contributed by atoms with Crippen molar-refractivity contribution in [3.8, 4) is 5.75 Å². The van der Waals surface area contributed by atoms with E-state index in [1.807, 2.05) is 54.6 Å². The first kappa shape index (κ1) is 27.7. The molecule has 0 bridgehead atoms. The summed E-state index contributed by atoms with van der Waals surface area (Å²) in [5.74, 6) is 0.538. The summed E-state index contributed by atoms with van der Waals surface area (Å²) >= 11 is 0. The summed E-state index contributed by atoms with van der Waals surface area (Å²) in [6.45, 7) is 6.43.